The number of aryl methyl sites for hydroxylation is 1. The molecule has 1 aliphatic rings. The lowest BCUT2D eigenvalue weighted by Crippen LogP contribution is -2.55. The molecule has 2 nitrogen and oxygen atoms in total. The summed E-state index contributed by atoms with van der Waals surface area (Å²) in [7, 11) is 0. The molecule has 1 N–H and O–H groups in total. The Morgan fingerprint density at radius 1 is 1.26 bits per heavy atom. The molecule has 0 amide bonds. The molecule has 0 radical (unpaired) electrons. The van der Waals surface area contributed by atoms with Crippen LogP contribution in [0.25, 0.3) is 0 Å². The fraction of sp³-hybridized carbons (Fsp3) is 0.647. The summed E-state index contributed by atoms with van der Waals surface area (Å²) in [6.45, 7) is 11.4. The first-order chi connectivity index (χ1) is 9.10. The fourth-order valence-electron chi connectivity index (χ4n) is 2.94. The first-order valence-electron chi connectivity index (χ1n) is 7.69. The molecule has 0 aromatic heterocycles. The summed E-state index contributed by atoms with van der Waals surface area (Å²) < 4.78 is 0. The molecule has 1 heterocycles. The number of benzene rings is 1. The quantitative estimate of drug-likeness (QED) is 0.892. The zero-order chi connectivity index (χ0) is 13.8. The van der Waals surface area contributed by atoms with Crippen LogP contribution in [0.5, 0.6) is 0 Å². The van der Waals surface area contributed by atoms with Gasteiger partial charge in [0.15, 0.2) is 0 Å². The molecule has 2 atom stereocenters. The second kappa shape index (κ2) is 6.42. The smallest absolute Gasteiger partial charge is 0.0387 e. The molecule has 1 fully saturated rings. The van der Waals surface area contributed by atoms with Gasteiger partial charge in [-0.15, -0.1) is 0 Å². The van der Waals surface area contributed by atoms with E-state index in [1.807, 2.05) is 0 Å². The Balaban J connectivity index is 2.07. The molecule has 0 spiro atoms. The minimum absolute atomic E-state index is 0.580. The van der Waals surface area contributed by atoms with E-state index in [0.717, 1.165) is 25.4 Å². The van der Waals surface area contributed by atoms with Crippen molar-refractivity contribution < 1.29 is 0 Å². The molecule has 2 heteroatoms. The maximum Gasteiger partial charge on any atom is 0.0387 e. The van der Waals surface area contributed by atoms with Crippen molar-refractivity contribution in [2.24, 2.45) is 5.92 Å². The highest BCUT2D eigenvalue weighted by atomic mass is 15.2. The summed E-state index contributed by atoms with van der Waals surface area (Å²) >= 11 is 0. The van der Waals surface area contributed by atoms with Gasteiger partial charge in [-0.2, -0.15) is 0 Å². The summed E-state index contributed by atoms with van der Waals surface area (Å²) in [6.07, 6.45) is 2.38. The number of anilines is 1. The second-order valence-corrected chi connectivity index (χ2v) is 6.26. The van der Waals surface area contributed by atoms with Crippen molar-refractivity contribution in [1.82, 2.24) is 5.32 Å². The van der Waals surface area contributed by atoms with Gasteiger partial charge in [0.05, 0.1) is 0 Å². The number of rotatable bonds is 4. The molecule has 2 rings (SSSR count). The van der Waals surface area contributed by atoms with Crippen LogP contribution in [0.3, 0.4) is 0 Å². The van der Waals surface area contributed by atoms with Gasteiger partial charge in [0.2, 0.25) is 0 Å². The maximum atomic E-state index is 3.68. The summed E-state index contributed by atoms with van der Waals surface area (Å²) in [5, 5.41) is 3.68. The van der Waals surface area contributed by atoms with Gasteiger partial charge in [-0.3, -0.25) is 0 Å². The third-order valence-electron chi connectivity index (χ3n) is 4.08. The van der Waals surface area contributed by atoms with Crippen LogP contribution in [-0.2, 0) is 6.42 Å². The molecule has 19 heavy (non-hydrogen) atoms. The minimum Gasteiger partial charge on any atom is -0.366 e. The molecule has 0 aliphatic carbocycles. The zero-order valence-electron chi connectivity index (χ0n) is 12.8. The largest absolute Gasteiger partial charge is 0.366 e. The lowest BCUT2D eigenvalue weighted by molar-refractivity contribution is 0.356. The van der Waals surface area contributed by atoms with Crippen molar-refractivity contribution in [1.29, 1.82) is 0 Å². The normalized spacial score (nSPS) is 23.9. The predicted octanol–water partition coefficient (Wildman–Crippen LogP) is 3.46. The first-order valence-corrected chi connectivity index (χ1v) is 7.69. The fourth-order valence-corrected chi connectivity index (χ4v) is 2.94. The standard InChI is InChI=1S/C17H28N2/c1-5-15-6-8-17(9-7-15)19-12-16(10-13(2)3)18-11-14(19)4/h6-9,13-14,16,18H,5,10-12H2,1-4H3. The Kier molecular flexibility index (Phi) is 4.87. The lowest BCUT2D eigenvalue weighted by Gasteiger charge is -2.41. The number of hydrogen-bond donors (Lipinski definition) is 1. The predicted molar refractivity (Wildman–Crippen MR) is 83.9 cm³/mol. The third kappa shape index (κ3) is 3.73. The van der Waals surface area contributed by atoms with Crippen LogP contribution < -0.4 is 10.2 Å². The van der Waals surface area contributed by atoms with E-state index in [2.05, 4.69) is 62.2 Å². The molecule has 1 aromatic rings. The van der Waals surface area contributed by atoms with Crippen LogP contribution in [0.2, 0.25) is 0 Å². The average Bonchev–Trinajstić information content (AvgIpc) is 2.40. The van der Waals surface area contributed by atoms with Crippen LogP contribution in [-0.4, -0.2) is 25.2 Å². The van der Waals surface area contributed by atoms with Crippen LogP contribution in [0, 0.1) is 5.92 Å². The van der Waals surface area contributed by atoms with Gasteiger partial charge in [0, 0.05) is 30.9 Å². The summed E-state index contributed by atoms with van der Waals surface area (Å²) in [6, 6.07) is 10.3. The molecular formula is C17H28N2. The Morgan fingerprint density at radius 3 is 2.53 bits per heavy atom. The van der Waals surface area contributed by atoms with Gasteiger partial charge in [0.25, 0.3) is 0 Å². The highest BCUT2D eigenvalue weighted by molar-refractivity contribution is 5.49. The highest BCUT2D eigenvalue weighted by Crippen LogP contribution is 2.22. The van der Waals surface area contributed by atoms with Crippen molar-refractivity contribution in [2.45, 2.75) is 52.6 Å². The Hall–Kier alpha value is -1.02. The van der Waals surface area contributed by atoms with Crippen LogP contribution >= 0.6 is 0 Å². The Labute approximate surface area is 118 Å². The monoisotopic (exact) mass is 260 g/mol. The lowest BCUT2D eigenvalue weighted by atomic mass is 9.99. The molecule has 1 aliphatic heterocycles. The molecule has 1 aromatic carbocycles. The van der Waals surface area contributed by atoms with Crippen LogP contribution in [0.15, 0.2) is 24.3 Å². The van der Waals surface area contributed by atoms with E-state index in [4.69, 9.17) is 0 Å². The van der Waals surface area contributed by atoms with Gasteiger partial charge in [-0.25, -0.2) is 0 Å². The second-order valence-electron chi connectivity index (χ2n) is 6.26. The molecular weight excluding hydrogens is 232 g/mol. The van der Waals surface area contributed by atoms with Gasteiger partial charge in [-0.1, -0.05) is 32.9 Å². The van der Waals surface area contributed by atoms with Gasteiger partial charge >= 0.3 is 0 Å². The van der Waals surface area contributed by atoms with Gasteiger partial charge < -0.3 is 10.2 Å². The molecule has 0 saturated carbocycles. The number of nitrogens with one attached hydrogen (secondary N) is 1. The summed E-state index contributed by atoms with van der Waals surface area (Å²) in [4.78, 5) is 2.56. The van der Waals surface area contributed by atoms with Crippen molar-refractivity contribution in [2.75, 3.05) is 18.0 Å². The number of hydrogen-bond acceptors (Lipinski definition) is 2. The van der Waals surface area contributed by atoms with Gasteiger partial charge in [-0.05, 0) is 43.4 Å². The van der Waals surface area contributed by atoms with E-state index in [0.29, 0.717) is 12.1 Å². The van der Waals surface area contributed by atoms with E-state index < -0.39 is 0 Å². The Morgan fingerprint density at radius 2 is 1.95 bits per heavy atom. The topological polar surface area (TPSA) is 15.3 Å². The van der Waals surface area contributed by atoms with Crippen molar-refractivity contribution in [3.05, 3.63) is 29.8 Å². The number of piperazine rings is 1. The maximum absolute atomic E-state index is 3.68. The highest BCUT2D eigenvalue weighted by Gasteiger charge is 2.25. The third-order valence-corrected chi connectivity index (χ3v) is 4.08. The van der Waals surface area contributed by atoms with E-state index >= 15 is 0 Å². The molecule has 1 saturated heterocycles. The average molecular weight is 260 g/mol. The summed E-state index contributed by atoms with van der Waals surface area (Å²) in [5.41, 5.74) is 2.80. The van der Waals surface area contributed by atoms with Crippen molar-refractivity contribution in [3.8, 4) is 0 Å². The zero-order valence-corrected chi connectivity index (χ0v) is 12.8. The van der Waals surface area contributed by atoms with E-state index in [1.165, 1.54) is 17.7 Å². The van der Waals surface area contributed by atoms with Crippen molar-refractivity contribution in [3.63, 3.8) is 0 Å². The van der Waals surface area contributed by atoms with Crippen LogP contribution in [0.4, 0.5) is 5.69 Å². The molecule has 0 bridgehead atoms. The SMILES string of the molecule is CCc1ccc(N2CC(CC(C)C)NCC2C)cc1. The number of nitrogens with zero attached hydrogens (tertiary/aromatic N) is 1. The molecule has 2 unspecified atom stereocenters. The summed E-state index contributed by atoms with van der Waals surface area (Å²) in [5.74, 6) is 0.759. The van der Waals surface area contributed by atoms with Crippen molar-refractivity contribution >= 4 is 5.69 Å². The Bertz CT molecular complexity index is 383. The van der Waals surface area contributed by atoms with Gasteiger partial charge in [0.1, 0.15) is 0 Å². The van der Waals surface area contributed by atoms with E-state index in [-0.39, 0.29) is 0 Å². The molecule has 106 valence electrons. The first kappa shape index (κ1) is 14.4. The van der Waals surface area contributed by atoms with E-state index in [1.54, 1.807) is 0 Å². The minimum atomic E-state index is 0.580. The van der Waals surface area contributed by atoms with Crippen LogP contribution in [0.1, 0.15) is 39.7 Å². The van der Waals surface area contributed by atoms with E-state index in [9.17, 15) is 0 Å².